The van der Waals surface area contributed by atoms with Crippen LogP contribution in [-0.4, -0.2) is 51.2 Å². The highest BCUT2D eigenvalue weighted by atomic mass is 19.4. The first-order valence-corrected chi connectivity index (χ1v) is 11.0. The summed E-state index contributed by atoms with van der Waals surface area (Å²) in [6.07, 6.45) is -4.19. The minimum absolute atomic E-state index is 0.0143. The first kappa shape index (κ1) is 23.7. The number of aromatic amines is 1. The molecule has 0 unspecified atom stereocenters. The number of halogens is 4. The number of nitrogens with one attached hydrogen (secondary N) is 2. The lowest BCUT2D eigenvalue weighted by Gasteiger charge is -2.28. The van der Waals surface area contributed by atoms with Crippen LogP contribution in [0.1, 0.15) is 16.8 Å². The molecule has 1 aliphatic heterocycles. The zero-order chi connectivity index (χ0) is 25.4. The van der Waals surface area contributed by atoms with Crippen LogP contribution in [0.25, 0.3) is 22.3 Å². The Kier molecular flexibility index (Phi) is 6.04. The third-order valence-corrected chi connectivity index (χ3v) is 5.96. The fourth-order valence-electron chi connectivity index (χ4n) is 4.21. The number of methoxy groups -OCH3 is 1. The van der Waals surface area contributed by atoms with Crippen molar-refractivity contribution < 1.29 is 27.1 Å². The maximum Gasteiger partial charge on any atom is 0.417 e. The molecular weight excluding hydrogens is 480 g/mol. The number of rotatable bonds is 5. The van der Waals surface area contributed by atoms with Gasteiger partial charge in [-0.1, -0.05) is 18.2 Å². The van der Waals surface area contributed by atoms with Crippen molar-refractivity contribution in [2.75, 3.05) is 25.5 Å². The average Bonchev–Trinajstić information content (AvgIpc) is 3.24. The summed E-state index contributed by atoms with van der Waals surface area (Å²) in [5.41, 5.74) is 0.676. The first-order chi connectivity index (χ1) is 17.2. The first-order valence-electron chi connectivity index (χ1n) is 11.0. The molecule has 2 aromatic heterocycles. The molecule has 0 bridgehead atoms. The fourth-order valence-corrected chi connectivity index (χ4v) is 4.21. The monoisotopic (exact) mass is 500 g/mol. The van der Waals surface area contributed by atoms with Gasteiger partial charge in [-0.2, -0.15) is 18.3 Å². The van der Waals surface area contributed by atoms with Gasteiger partial charge in [-0.3, -0.25) is 14.8 Å². The fraction of sp³-hybridized carbons (Fsp3) is 0.250. The van der Waals surface area contributed by atoms with Crippen LogP contribution < -0.4 is 5.32 Å². The van der Waals surface area contributed by atoms with Gasteiger partial charge in [0.25, 0.3) is 0 Å². The van der Waals surface area contributed by atoms with E-state index in [9.17, 15) is 22.4 Å². The minimum Gasteiger partial charge on any atom is -0.468 e. The summed E-state index contributed by atoms with van der Waals surface area (Å²) >= 11 is 0. The lowest BCUT2D eigenvalue weighted by atomic mass is 10.0. The van der Waals surface area contributed by atoms with Crippen LogP contribution in [0, 0.1) is 5.82 Å². The average molecular weight is 500 g/mol. The van der Waals surface area contributed by atoms with Gasteiger partial charge in [-0.05, 0) is 30.7 Å². The highest BCUT2D eigenvalue weighted by Crippen LogP contribution is 2.37. The molecule has 186 valence electrons. The SMILES string of the molecule is COC(=O)CN1CCc2c(nc(-c3ccccc3C(F)(F)F)nc2Nc2n[nH]c3ccc(F)cc23)C1. The molecule has 0 aliphatic carbocycles. The van der Waals surface area contributed by atoms with Gasteiger partial charge < -0.3 is 10.1 Å². The van der Waals surface area contributed by atoms with Gasteiger partial charge in [-0.15, -0.1) is 0 Å². The van der Waals surface area contributed by atoms with Crippen molar-refractivity contribution in [2.45, 2.75) is 19.1 Å². The molecule has 12 heteroatoms. The highest BCUT2D eigenvalue weighted by Gasteiger charge is 2.35. The molecule has 0 fully saturated rings. The van der Waals surface area contributed by atoms with E-state index in [1.165, 1.54) is 43.5 Å². The van der Waals surface area contributed by atoms with Crippen LogP contribution >= 0.6 is 0 Å². The number of hydrogen-bond donors (Lipinski definition) is 2. The Balaban J connectivity index is 1.62. The van der Waals surface area contributed by atoms with Gasteiger partial charge in [0.05, 0.1) is 30.4 Å². The Labute approximate surface area is 202 Å². The summed E-state index contributed by atoms with van der Waals surface area (Å²) < 4.78 is 59.9. The largest absolute Gasteiger partial charge is 0.468 e. The van der Waals surface area contributed by atoms with Crippen LogP contribution in [0.2, 0.25) is 0 Å². The molecule has 4 aromatic rings. The summed E-state index contributed by atoms with van der Waals surface area (Å²) in [6.45, 7) is 0.702. The van der Waals surface area contributed by atoms with E-state index in [1.54, 1.807) is 4.90 Å². The number of aromatic nitrogens is 4. The number of esters is 1. The lowest BCUT2D eigenvalue weighted by molar-refractivity contribution is -0.142. The van der Waals surface area contributed by atoms with Crippen molar-refractivity contribution in [1.82, 2.24) is 25.1 Å². The molecule has 0 saturated heterocycles. The quantitative estimate of drug-likeness (QED) is 0.309. The van der Waals surface area contributed by atoms with Crippen molar-refractivity contribution in [1.29, 1.82) is 0 Å². The third-order valence-electron chi connectivity index (χ3n) is 5.96. The van der Waals surface area contributed by atoms with Gasteiger partial charge in [-0.25, -0.2) is 14.4 Å². The molecule has 1 aliphatic rings. The van der Waals surface area contributed by atoms with Gasteiger partial charge in [0.15, 0.2) is 11.6 Å². The Hall–Kier alpha value is -4.06. The zero-order valence-corrected chi connectivity index (χ0v) is 19.0. The van der Waals surface area contributed by atoms with Crippen LogP contribution in [0.3, 0.4) is 0 Å². The van der Waals surface area contributed by atoms with Crippen molar-refractivity contribution in [3.05, 3.63) is 65.1 Å². The molecule has 2 N–H and O–H groups in total. The number of nitrogens with zero attached hydrogens (tertiary/aromatic N) is 4. The predicted molar refractivity (Wildman–Crippen MR) is 123 cm³/mol. The molecule has 0 amide bonds. The van der Waals surface area contributed by atoms with Gasteiger partial charge in [0, 0.05) is 29.6 Å². The summed E-state index contributed by atoms with van der Waals surface area (Å²) in [5, 5.41) is 10.5. The number of anilines is 2. The van der Waals surface area contributed by atoms with Crippen molar-refractivity contribution >= 4 is 28.5 Å². The van der Waals surface area contributed by atoms with E-state index >= 15 is 0 Å². The predicted octanol–water partition coefficient (Wildman–Crippen LogP) is 4.45. The lowest BCUT2D eigenvalue weighted by Crippen LogP contribution is -2.36. The second kappa shape index (κ2) is 9.19. The molecule has 0 saturated carbocycles. The van der Waals surface area contributed by atoms with Crippen molar-refractivity contribution in [3.8, 4) is 11.4 Å². The number of fused-ring (bicyclic) bond motifs is 2. The maximum atomic E-state index is 13.9. The van der Waals surface area contributed by atoms with Crippen LogP contribution in [-0.2, 0) is 28.7 Å². The second-order valence-corrected chi connectivity index (χ2v) is 8.29. The number of alkyl halides is 3. The van der Waals surface area contributed by atoms with Gasteiger partial charge >= 0.3 is 12.1 Å². The molecule has 3 heterocycles. The van der Waals surface area contributed by atoms with E-state index in [-0.39, 0.29) is 36.1 Å². The summed E-state index contributed by atoms with van der Waals surface area (Å²) in [4.78, 5) is 22.5. The molecular formula is C24H20F4N6O2. The number of H-pyrrole nitrogens is 1. The maximum absolute atomic E-state index is 13.9. The minimum atomic E-state index is -4.61. The number of benzene rings is 2. The topological polar surface area (TPSA) is 96.0 Å². The molecule has 0 radical (unpaired) electrons. The van der Waals surface area contributed by atoms with E-state index in [0.717, 1.165) is 6.07 Å². The Morgan fingerprint density at radius 2 is 1.97 bits per heavy atom. The molecule has 2 aromatic carbocycles. The van der Waals surface area contributed by atoms with Crippen molar-refractivity contribution in [2.24, 2.45) is 0 Å². The molecule has 8 nitrogen and oxygen atoms in total. The summed E-state index contributed by atoms with van der Waals surface area (Å²) in [5.74, 6) is -0.483. The summed E-state index contributed by atoms with van der Waals surface area (Å²) in [6, 6.07) is 9.18. The van der Waals surface area contributed by atoms with E-state index < -0.39 is 23.5 Å². The number of carbonyl (C=O) groups excluding carboxylic acids is 1. The standard InChI is InChI=1S/C24H20F4N6O2/c1-36-20(35)12-34-9-8-15-19(11-34)29-21(14-4-2-3-5-17(14)24(26,27)28)30-22(15)31-23-16-10-13(25)6-7-18(16)32-33-23/h2-7,10H,8-9,11-12H2,1H3,(H2,29,30,31,32,33). The normalized spacial score (nSPS) is 14.0. The molecule has 5 rings (SSSR count). The molecule has 0 spiro atoms. The van der Waals surface area contributed by atoms with E-state index in [2.05, 4.69) is 25.5 Å². The molecule has 0 atom stereocenters. The van der Waals surface area contributed by atoms with E-state index in [0.29, 0.717) is 35.1 Å². The van der Waals surface area contributed by atoms with E-state index in [1.807, 2.05) is 0 Å². The number of ether oxygens (including phenoxy) is 1. The Bertz CT molecular complexity index is 1450. The Morgan fingerprint density at radius 1 is 1.17 bits per heavy atom. The van der Waals surface area contributed by atoms with E-state index in [4.69, 9.17) is 4.74 Å². The number of carbonyl (C=O) groups is 1. The third kappa shape index (κ3) is 4.59. The highest BCUT2D eigenvalue weighted by molar-refractivity contribution is 5.91. The Morgan fingerprint density at radius 3 is 2.75 bits per heavy atom. The van der Waals surface area contributed by atoms with Crippen LogP contribution in [0.5, 0.6) is 0 Å². The van der Waals surface area contributed by atoms with Crippen LogP contribution in [0.15, 0.2) is 42.5 Å². The second-order valence-electron chi connectivity index (χ2n) is 8.29. The molecule has 36 heavy (non-hydrogen) atoms. The smallest absolute Gasteiger partial charge is 0.417 e. The van der Waals surface area contributed by atoms with Crippen molar-refractivity contribution in [3.63, 3.8) is 0 Å². The van der Waals surface area contributed by atoms with Gasteiger partial charge in [0.1, 0.15) is 11.6 Å². The zero-order valence-electron chi connectivity index (χ0n) is 19.0. The van der Waals surface area contributed by atoms with Gasteiger partial charge in [0.2, 0.25) is 0 Å². The number of hydrogen-bond acceptors (Lipinski definition) is 7. The van der Waals surface area contributed by atoms with Crippen LogP contribution in [0.4, 0.5) is 29.2 Å². The summed E-state index contributed by atoms with van der Waals surface area (Å²) in [7, 11) is 1.29.